The Morgan fingerprint density at radius 3 is 2.55 bits per heavy atom. The van der Waals surface area contributed by atoms with Crippen molar-refractivity contribution in [2.24, 2.45) is 0 Å². The summed E-state index contributed by atoms with van der Waals surface area (Å²) in [5, 5.41) is 0. The molecule has 0 saturated carbocycles. The summed E-state index contributed by atoms with van der Waals surface area (Å²) in [7, 11) is 4.04. The first-order valence-corrected chi connectivity index (χ1v) is 10.7. The zero-order valence-electron chi connectivity index (χ0n) is 17.8. The molecule has 6 nitrogen and oxygen atoms in total. The molecule has 158 valence electrons. The largest absolute Gasteiger partial charge is 0.492 e. The van der Waals surface area contributed by atoms with Gasteiger partial charge in [0.2, 0.25) is 0 Å². The van der Waals surface area contributed by atoms with Gasteiger partial charge in [-0.25, -0.2) is 4.98 Å². The van der Waals surface area contributed by atoms with E-state index in [1.54, 1.807) is 0 Å². The average Bonchev–Trinajstić information content (AvgIpc) is 3.31. The van der Waals surface area contributed by atoms with Gasteiger partial charge in [-0.1, -0.05) is 24.3 Å². The Morgan fingerprint density at radius 1 is 0.903 bits per heavy atom. The Balaban J connectivity index is 1.40. The molecular formula is C25H25N3O3. The molecule has 2 aromatic carbocycles. The number of para-hydroxylation sites is 1. The van der Waals surface area contributed by atoms with Crippen LogP contribution in [0.4, 0.5) is 11.5 Å². The van der Waals surface area contributed by atoms with Gasteiger partial charge in [0.1, 0.15) is 31.4 Å². The Kier molecular flexibility index (Phi) is 4.03. The molecular weight excluding hydrogens is 390 g/mol. The minimum absolute atomic E-state index is 0.221. The highest BCUT2D eigenvalue weighted by Crippen LogP contribution is 2.54. The SMILES string of the molecule is CN(C)c1cccc(CN2CC3(COc4cc5c(cc43)OCCO5)c3ccccc32)n1. The molecule has 0 aliphatic carbocycles. The molecule has 1 unspecified atom stereocenters. The standard InChI is InChI=1S/C25H25N3O3/c1-27(2)24-9-5-6-17(26-24)14-28-15-25(18-7-3-4-8-20(18)28)16-31-21-13-23-22(12-19(21)25)29-10-11-30-23/h3-9,12-13H,10-11,14-16H2,1-2H3. The Labute approximate surface area is 182 Å². The predicted octanol–water partition coefficient (Wildman–Crippen LogP) is 3.62. The second-order valence-corrected chi connectivity index (χ2v) is 8.62. The van der Waals surface area contributed by atoms with E-state index in [0.717, 1.165) is 41.8 Å². The average molecular weight is 415 g/mol. The van der Waals surface area contributed by atoms with Crippen LogP contribution in [0.1, 0.15) is 16.8 Å². The molecule has 31 heavy (non-hydrogen) atoms. The van der Waals surface area contributed by atoms with Crippen molar-refractivity contribution in [1.82, 2.24) is 4.98 Å². The maximum atomic E-state index is 6.22. The van der Waals surface area contributed by atoms with Crippen LogP contribution < -0.4 is 24.0 Å². The van der Waals surface area contributed by atoms with Crippen molar-refractivity contribution in [3.05, 3.63) is 71.4 Å². The molecule has 1 aromatic heterocycles. The first-order valence-electron chi connectivity index (χ1n) is 10.7. The number of pyridine rings is 1. The van der Waals surface area contributed by atoms with Crippen LogP contribution in [-0.4, -0.2) is 45.4 Å². The van der Waals surface area contributed by atoms with Crippen LogP contribution in [0.2, 0.25) is 0 Å². The van der Waals surface area contributed by atoms with E-state index in [1.165, 1.54) is 16.8 Å². The van der Waals surface area contributed by atoms with E-state index >= 15 is 0 Å². The summed E-state index contributed by atoms with van der Waals surface area (Å²) < 4.78 is 17.9. The van der Waals surface area contributed by atoms with Gasteiger partial charge in [-0.3, -0.25) is 0 Å². The van der Waals surface area contributed by atoms with E-state index in [9.17, 15) is 0 Å². The summed E-state index contributed by atoms with van der Waals surface area (Å²) in [6.45, 7) is 3.36. The molecule has 0 radical (unpaired) electrons. The van der Waals surface area contributed by atoms with Gasteiger partial charge in [0, 0.05) is 38.0 Å². The Hall–Kier alpha value is -3.41. The quantitative estimate of drug-likeness (QED) is 0.651. The van der Waals surface area contributed by atoms with E-state index in [0.29, 0.717) is 19.8 Å². The Morgan fingerprint density at radius 2 is 1.71 bits per heavy atom. The maximum Gasteiger partial charge on any atom is 0.165 e. The second kappa shape index (κ2) is 6.80. The van der Waals surface area contributed by atoms with Crippen molar-refractivity contribution >= 4 is 11.5 Å². The molecule has 0 fully saturated rings. The van der Waals surface area contributed by atoms with Gasteiger partial charge in [0.25, 0.3) is 0 Å². The van der Waals surface area contributed by atoms with Crippen molar-refractivity contribution in [2.45, 2.75) is 12.0 Å². The van der Waals surface area contributed by atoms with E-state index < -0.39 is 0 Å². The van der Waals surface area contributed by atoms with Gasteiger partial charge in [0.05, 0.1) is 17.7 Å². The maximum absolute atomic E-state index is 6.22. The van der Waals surface area contributed by atoms with Crippen molar-refractivity contribution in [3.63, 3.8) is 0 Å². The van der Waals surface area contributed by atoms with E-state index in [2.05, 4.69) is 47.4 Å². The topological polar surface area (TPSA) is 47.1 Å². The lowest BCUT2D eigenvalue weighted by Crippen LogP contribution is -2.36. The molecule has 1 atom stereocenters. The molecule has 0 bridgehead atoms. The number of hydrogen-bond acceptors (Lipinski definition) is 6. The third-order valence-electron chi connectivity index (χ3n) is 6.46. The van der Waals surface area contributed by atoms with Crippen molar-refractivity contribution in [2.75, 3.05) is 50.3 Å². The lowest BCUT2D eigenvalue weighted by molar-refractivity contribution is 0.171. The number of hydrogen-bond donors (Lipinski definition) is 0. The minimum atomic E-state index is -0.221. The van der Waals surface area contributed by atoms with Crippen LogP contribution in [0.5, 0.6) is 17.2 Å². The van der Waals surface area contributed by atoms with Crippen molar-refractivity contribution in [1.29, 1.82) is 0 Å². The summed E-state index contributed by atoms with van der Waals surface area (Å²) in [6, 6.07) is 19.0. The number of rotatable bonds is 3. The molecule has 3 aliphatic heterocycles. The molecule has 6 rings (SSSR count). The third kappa shape index (κ3) is 2.81. The zero-order chi connectivity index (χ0) is 21.0. The fraction of sp³-hybridized carbons (Fsp3) is 0.320. The van der Waals surface area contributed by atoms with Crippen LogP contribution >= 0.6 is 0 Å². The fourth-order valence-corrected chi connectivity index (χ4v) is 4.99. The lowest BCUT2D eigenvalue weighted by Gasteiger charge is -2.26. The van der Waals surface area contributed by atoms with Crippen LogP contribution in [0.25, 0.3) is 0 Å². The van der Waals surface area contributed by atoms with Gasteiger partial charge in [-0.2, -0.15) is 0 Å². The van der Waals surface area contributed by atoms with Gasteiger partial charge >= 0.3 is 0 Å². The molecule has 1 spiro atoms. The normalized spacial score (nSPS) is 20.4. The molecule has 3 aliphatic rings. The number of ether oxygens (including phenoxy) is 3. The molecule has 6 heteroatoms. The van der Waals surface area contributed by atoms with Crippen LogP contribution in [0.15, 0.2) is 54.6 Å². The van der Waals surface area contributed by atoms with E-state index in [4.69, 9.17) is 19.2 Å². The molecule has 0 N–H and O–H groups in total. The second-order valence-electron chi connectivity index (χ2n) is 8.62. The highest BCUT2D eigenvalue weighted by atomic mass is 16.6. The summed E-state index contributed by atoms with van der Waals surface area (Å²) in [5.41, 5.74) is 4.56. The van der Waals surface area contributed by atoms with Crippen LogP contribution in [-0.2, 0) is 12.0 Å². The third-order valence-corrected chi connectivity index (χ3v) is 6.46. The van der Waals surface area contributed by atoms with Gasteiger partial charge < -0.3 is 24.0 Å². The first kappa shape index (κ1) is 18.4. The summed E-state index contributed by atoms with van der Waals surface area (Å²) in [6.07, 6.45) is 0. The minimum Gasteiger partial charge on any atom is -0.492 e. The molecule has 4 heterocycles. The summed E-state index contributed by atoms with van der Waals surface area (Å²) in [5.74, 6) is 3.45. The fourth-order valence-electron chi connectivity index (χ4n) is 4.99. The number of aromatic nitrogens is 1. The Bertz CT molecular complexity index is 1160. The van der Waals surface area contributed by atoms with Crippen LogP contribution in [0.3, 0.4) is 0 Å². The zero-order valence-corrected chi connectivity index (χ0v) is 17.8. The molecule has 3 aromatic rings. The number of anilines is 2. The molecule has 0 amide bonds. The lowest BCUT2D eigenvalue weighted by atomic mass is 9.77. The summed E-state index contributed by atoms with van der Waals surface area (Å²) >= 11 is 0. The number of fused-ring (bicyclic) bond motifs is 5. The monoisotopic (exact) mass is 415 g/mol. The van der Waals surface area contributed by atoms with Gasteiger partial charge in [-0.05, 0) is 29.8 Å². The van der Waals surface area contributed by atoms with Gasteiger partial charge in [0.15, 0.2) is 11.5 Å². The van der Waals surface area contributed by atoms with Crippen LogP contribution in [0, 0.1) is 0 Å². The van der Waals surface area contributed by atoms with Gasteiger partial charge in [-0.15, -0.1) is 0 Å². The van der Waals surface area contributed by atoms with E-state index in [-0.39, 0.29) is 5.41 Å². The number of nitrogens with zero attached hydrogens (tertiary/aromatic N) is 3. The van der Waals surface area contributed by atoms with Crippen molar-refractivity contribution in [3.8, 4) is 17.2 Å². The first-order chi connectivity index (χ1) is 15.1. The number of benzene rings is 2. The van der Waals surface area contributed by atoms with Crippen molar-refractivity contribution < 1.29 is 14.2 Å². The predicted molar refractivity (Wildman–Crippen MR) is 120 cm³/mol. The molecule has 0 saturated heterocycles. The smallest absolute Gasteiger partial charge is 0.165 e. The highest BCUT2D eigenvalue weighted by Gasteiger charge is 2.50. The van der Waals surface area contributed by atoms with E-state index in [1.807, 2.05) is 31.1 Å². The summed E-state index contributed by atoms with van der Waals surface area (Å²) in [4.78, 5) is 9.30. The highest BCUT2D eigenvalue weighted by molar-refractivity contribution is 5.70.